The first-order valence-electron chi connectivity index (χ1n) is 12.2. The predicted octanol–water partition coefficient (Wildman–Crippen LogP) is 4.52. The third kappa shape index (κ3) is 3.44. The van der Waals surface area contributed by atoms with Gasteiger partial charge in [-0.15, -0.1) is 0 Å². The molecular formula is C27H32N2O4Si. The summed E-state index contributed by atoms with van der Waals surface area (Å²) in [6.45, 7) is 11.4. The average molecular weight is 477 g/mol. The van der Waals surface area contributed by atoms with Gasteiger partial charge in [0.2, 0.25) is 0 Å². The molecule has 0 fully saturated rings. The maximum Gasteiger partial charge on any atom is 0.343 e. The van der Waals surface area contributed by atoms with E-state index in [1.807, 2.05) is 0 Å². The number of ether oxygens (including phenoxy) is 1. The lowest BCUT2D eigenvalue weighted by Gasteiger charge is -2.31. The minimum absolute atomic E-state index is 0.107. The number of benzene rings is 1. The summed E-state index contributed by atoms with van der Waals surface area (Å²) in [5.74, 6) is -0.695. The molecule has 0 saturated carbocycles. The molecule has 2 aliphatic rings. The second-order valence-corrected chi connectivity index (χ2v) is 16.4. The smallest absolute Gasteiger partial charge is 0.343 e. The molecule has 7 heteroatoms. The fraction of sp³-hybridized carbons (Fsp3) is 0.444. The SMILES string of the molecule is CCc1ccc2nc3c(c(CC[Si](C)(C)C)c2c1)Cn1c-3cc2c(c1=O)COC(=O)C2(O)CC. The maximum atomic E-state index is 13.5. The van der Waals surface area contributed by atoms with Gasteiger partial charge in [0.05, 0.1) is 29.0 Å². The molecule has 0 bridgehead atoms. The van der Waals surface area contributed by atoms with Crippen molar-refractivity contribution in [1.82, 2.24) is 9.55 Å². The first-order chi connectivity index (χ1) is 16.1. The number of hydrogen-bond acceptors (Lipinski definition) is 5. The molecule has 1 unspecified atom stereocenters. The summed E-state index contributed by atoms with van der Waals surface area (Å²) in [5, 5.41) is 12.3. The highest BCUT2D eigenvalue weighted by Gasteiger charge is 2.45. The van der Waals surface area contributed by atoms with Crippen molar-refractivity contribution in [2.45, 2.75) is 77.5 Å². The van der Waals surface area contributed by atoms with Crippen molar-refractivity contribution in [3.05, 3.63) is 62.4 Å². The highest BCUT2D eigenvalue weighted by Crippen LogP contribution is 2.40. The Bertz CT molecular complexity index is 1400. The Morgan fingerprint density at radius 2 is 1.91 bits per heavy atom. The van der Waals surface area contributed by atoms with E-state index in [2.05, 4.69) is 44.8 Å². The summed E-state index contributed by atoms with van der Waals surface area (Å²) < 4.78 is 6.94. The quantitative estimate of drug-likeness (QED) is 0.338. The topological polar surface area (TPSA) is 81.4 Å². The van der Waals surface area contributed by atoms with Gasteiger partial charge >= 0.3 is 5.97 Å². The van der Waals surface area contributed by atoms with Crippen LogP contribution < -0.4 is 5.56 Å². The van der Waals surface area contributed by atoms with Crippen LogP contribution in [0.3, 0.4) is 0 Å². The van der Waals surface area contributed by atoms with E-state index in [0.29, 0.717) is 23.4 Å². The Kier molecular flexibility index (Phi) is 5.33. The molecule has 34 heavy (non-hydrogen) atoms. The molecule has 0 radical (unpaired) electrons. The lowest BCUT2D eigenvalue weighted by atomic mass is 9.86. The van der Waals surface area contributed by atoms with Gasteiger partial charge in [0, 0.05) is 24.6 Å². The Morgan fingerprint density at radius 1 is 1.15 bits per heavy atom. The summed E-state index contributed by atoms with van der Waals surface area (Å²) in [6.07, 6.45) is 2.05. The van der Waals surface area contributed by atoms with Crippen molar-refractivity contribution in [3.8, 4) is 11.4 Å². The molecule has 4 heterocycles. The van der Waals surface area contributed by atoms with E-state index in [4.69, 9.17) is 9.72 Å². The van der Waals surface area contributed by atoms with Gasteiger partial charge in [0.1, 0.15) is 6.61 Å². The molecule has 3 aromatic rings. The maximum absolute atomic E-state index is 13.5. The molecule has 1 N–H and O–H groups in total. The largest absolute Gasteiger partial charge is 0.458 e. The Balaban J connectivity index is 1.77. The van der Waals surface area contributed by atoms with Gasteiger partial charge in [-0.25, -0.2) is 9.78 Å². The van der Waals surface area contributed by atoms with Crippen molar-refractivity contribution in [2.24, 2.45) is 0 Å². The van der Waals surface area contributed by atoms with E-state index in [1.165, 1.54) is 16.5 Å². The van der Waals surface area contributed by atoms with Gasteiger partial charge in [-0.2, -0.15) is 0 Å². The Morgan fingerprint density at radius 3 is 2.59 bits per heavy atom. The zero-order chi connectivity index (χ0) is 24.4. The van der Waals surface area contributed by atoms with E-state index in [1.54, 1.807) is 17.6 Å². The van der Waals surface area contributed by atoms with Gasteiger partial charge < -0.3 is 14.4 Å². The number of nitrogens with zero attached hydrogens (tertiary/aromatic N) is 2. The van der Waals surface area contributed by atoms with E-state index < -0.39 is 19.6 Å². The van der Waals surface area contributed by atoms with Gasteiger partial charge in [-0.1, -0.05) is 45.6 Å². The minimum atomic E-state index is -1.81. The van der Waals surface area contributed by atoms with Crippen molar-refractivity contribution in [2.75, 3.05) is 0 Å². The Hall–Kier alpha value is -2.77. The number of esters is 1. The van der Waals surface area contributed by atoms with E-state index >= 15 is 0 Å². The number of fused-ring (bicyclic) bond motifs is 5. The average Bonchev–Trinajstić information content (AvgIpc) is 3.17. The summed E-state index contributed by atoms with van der Waals surface area (Å²) in [4.78, 5) is 31.0. The molecular weight excluding hydrogens is 444 g/mol. The summed E-state index contributed by atoms with van der Waals surface area (Å²) in [7, 11) is -1.30. The van der Waals surface area contributed by atoms with Gasteiger partial charge in [-0.3, -0.25) is 4.79 Å². The van der Waals surface area contributed by atoms with Crippen molar-refractivity contribution in [1.29, 1.82) is 0 Å². The van der Waals surface area contributed by atoms with E-state index in [-0.39, 0.29) is 18.6 Å². The van der Waals surface area contributed by atoms with Crippen LogP contribution in [0, 0.1) is 0 Å². The van der Waals surface area contributed by atoms with Crippen LogP contribution in [0.2, 0.25) is 25.7 Å². The molecule has 0 amide bonds. The second kappa shape index (κ2) is 7.88. The van der Waals surface area contributed by atoms with Crippen LogP contribution in [-0.2, 0) is 41.1 Å². The molecule has 2 aliphatic heterocycles. The monoisotopic (exact) mass is 476 g/mol. The van der Waals surface area contributed by atoms with Gasteiger partial charge in [0.25, 0.3) is 5.56 Å². The number of aliphatic hydroxyl groups is 1. The van der Waals surface area contributed by atoms with Crippen LogP contribution in [0.4, 0.5) is 0 Å². The molecule has 0 spiro atoms. The standard InChI is InChI=1S/C27H32N2O4Si/c1-6-16-8-9-22-18(12-16)17(10-11-34(3,4)5)19-14-29-23(24(19)28-22)13-21-20(25(29)30)15-33-26(31)27(21,32)7-2/h8-9,12-13,32H,6-7,10-11,14-15H2,1-5H3. The number of cyclic esters (lactones) is 1. The zero-order valence-corrected chi connectivity index (χ0v) is 21.6. The molecule has 0 saturated heterocycles. The van der Waals surface area contributed by atoms with Crippen LogP contribution in [0.1, 0.15) is 48.1 Å². The fourth-order valence-corrected chi connectivity index (χ4v) is 6.21. The van der Waals surface area contributed by atoms with Crippen molar-refractivity contribution >= 4 is 24.9 Å². The minimum Gasteiger partial charge on any atom is -0.458 e. The predicted molar refractivity (Wildman–Crippen MR) is 136 cm³/mol. The normalized spacial score (nSPS) is 19.1. The fourth-order valence-electron chi connectivity index (χ4n) is 5.21. The number of rotatable bonds is 5. The van der Waals surface area contributed by atoms with Gasteiger partial charge in [0.15, 0.2) is 5.60 Å². The third-order valence-corrected chi connectivity index (χ3v) is 9.15. The van der Waals surface area contributed by atoms with Crippen molar-refractivity contribution in [3.63, 3.8) is 0 Å². The van der Waals surface area contributed by atoms with Crippen LogP contribution in [0.15, 0.2) is 29.1 Å². The molecule has 1 atom stereocenters. The van der Waals surface area contributed by atoms with Crippen LogP contribution in [-0.4, -0.2) is 28.7 Å². The molecule has 178 valence electrons. The number of aromatic nitrogens is 2. The van der Waals surface area contributed by atoms with Gasteiger partial charge in [-0.05, 0) is 48.6 Å². The highest BCUT2D eigenvalue weighted by molar-refractivity contribution is 6.76. The summed E-state index contributed by atoms with van der Waals surface area (Å²) in [5.41, 5.74) is 4.74. The number of hydrogen-bond donors (Lipinski definition) is 1. The first-order valence-corrected chi connectivity index (χ1v) is 15.9. The zero-order valence-electron chi connectivity index (χ0n) is 20.6. The highest BCUT2D eigenvalue weighted by atomic mass is 28.3. The van der Waals surface area contributed by atoms with Crippen LogP contribution in [0.5, 0.6) is 0 Å². The summed E-state index contributed by atoms with van der Waals surface area (Å²) in [6, 6.07) is 9.39. The molecule has 2 aromatic heterocycles. The van der Waals surface area contributed by atoms with Crippen LogP contribution in [0.25, 0.3) is 22.3 Å². The van der Waals surface area contributed by atoms with E-state index in [0.717, 1.165) is 35.7 Å². The molecule has 5 rings (SSSR count). The number of carbonyl (C=O) groups is 1. The lowest BCUT2D eigenvalue weighted by Crippen LogP contribution is -2.44. The number of pyridine rings is 2. The van der Waals surface area contributed by atoms with Crippen molar-refractivity contribution < 1.29 is 14.6 Å². The first kappa shape index (κ1) is 23.0. The number of carbonyl (C=O) groups excluding carboxylic acids is 1. The molecule has 6 nitrogen and oxygen atoms in total. The third-order valence-electron chi connectivity index (χ3n) is 7.40. The van der Waals surface area contributed by atoms with Crippen LogP contribution >= 0.6 is 0 Å². The summed E-state index contributed by atoms with van der Waals surface area (Å²) >= 11 is 0. The lowest BCUT2D eigenvalue weighted by molar-refractivity contribution is -0.172. The number of aryl methyl sites for hydroxylation is 2. The molecule has 0 aliphatic carbocycles. The van der Waals surface area contributed by atoms with E-state index in [9.17, 15) is 14.7 Å². The molecule has 1 aromatic carbocycles. The second-order valence-electron chi connectivity index (χ2n) is 10.8. The Labute approximate surface area is 200 Å².